The van der Waals surface area contributed by atoms with Gasteiger partial charge in [-0.2, -0.15) is 0 Å². The minimum absolute atomic E-state index is 1.36. The third kappa shape index (κ3) is 28.2. The molecule has 0 N–H and O–H groups in total. The summed E-state index contributed by atoms with van der Waals surface area (Å²) in [6, 6.07) is 0. The molecule has 0 aromatic carbocycles. The summed E-state index contributed by atoms with van der Waals surface area (Å²) in [5, 5.41) is 0. The minimum atomic E-state index is 1.36. The number of unbranched alkanes of at least 4 members (excludes halogenated alkanes) is 24. The van der Waals surface area contributed by atoms with Gasteiger partial charge in [0, 0.05) is 0 Å². The second-order valence-electron chi connectivity index (χ2n) is 11.3. The van der Waals surface area contributed by atoms with E-state index < -0.39 is 0 Å². The Balaban J connectivity index is 3.82. The zero-order valence-electron chi connectivity index (χ0n) is 24.7. The van der Waals surface area contributed by atoms with Crippen molar-refractivity contribution in [3.63, 3.8) is 0 Å². The first-order valence-electron chi connectivity index (χ1n) is 16.6. The molecule has 0 unspecified atom stereocenters. The van der Waals surface area contributed by atoms with Gasteiger partial charge in [-0.05, 0) is 38.9 Å². The molecule has 0 aliphatic carbocycles. The lowest BCUT2D eigenvalue weighted by Crippen LogP contribution is -2.27. The molecule has 0 radical (unpaired) electrons. The molecule has 206 valence electrons. The van der Waals surface area contributed by atoms with Crippen molar-refractivity contribution in [2.24, 2.45) is 0 Å². The Morgan fingerprint density at radius 3 is 0.618 bits per heavy atom. The standard InChI is InChI=1S/C33H69N/c1-4-7-10-13-16-19-20-21-24-27-30-33-34(31-28-25-22-17-14-11-8-5-2)32-29-26-23-18-15-12-9-6-3/h4-33H2,1-3H3. The van der Waals surface area contributed by atoms with Crippen LogP contribution in [0.5, 0.6) is 0 Å². The highest BCUT2D eigenvalue weighted by atomic mass is 15.1. The Morgan fingerprint density at radius 2 is 0.412 bits per heavy atom. The summed E-state index contributed by atoms with van der Waals surface area (Å²) in [6.45, 7) is 11.0. The van der Waals surface area contributed by atoms with Gasteiger partial charge < -0.3 is 4.90 Å². The predicted octanol–water partition coefficient (Wildman–Crippen LogP) is 11.9. The highest BCUT2D eigenvalue weighted by Gasteiger charge is 2.05. The van der Waals surface area contributed by atoms with Crippen LogP contribution in [0.4, 0.5) is 0 Å². The van der Waals surface area contributed by atoms with Gasteiger partial charge >= 0.3 is 0 Å². The zero-order valence-corrected chi connectivity index (χ0v) is 24.7. The molecule has 0 bridgehead atoms. The van der Waals surface area contributed by atoms with Crippen LogP contribution in [0.1, 0.15) is 194 Å². The lowest BCUT2D eigenvalue weighted by molar-refractivity contribution is 0.254. The molecule has 0 aromatic rings. The second-order valence-corrected chi connectivity index (χ2v) is 11.3. The summed E-state index contributed by atoms with van der Waals surface area (Å²) in [5.74, 6) is 0. The highest BCUT2D eigenvalue weighted by Crippen LogP contribution is 2.14. The monoisotopic (exact) mass is 480 g/mol. The first kappa shape index (κ1) is 34.0. The fraction of sp³-hybridized carbons (Fsp3) is 1.00. The van der Waals surface area contributed by atoms with E-state index in [0.29, 0.717) is 0 Å². The maximum atomic E-state index is 2.84. The van der Waals surface area contributed by atoms with Crippen LogP contribution >= 0.6 is 0 Å². The Kier molecular flexibility index (Phi) is 31.0. The van der Waals surface area contributed by atoms with Gasteiger partial charge in [0.2, 0.25) is 0 Å². The van der Waals surface area contributed by atoms with Crippen molar-refractivity contribution in [3.8, 4) is 0 Å². The van der Waals surface area contributed by atoms with Gasteiger partial charge in [0.15, 0.2) is 0 Å². The summed E-state index contributed by atoms with van der Waals surface area (Å²) >= 11 is 0. The average molecular weight is 480 g/mol. The van der Waals surface area contributed by atoms with Crippen molar-refractivity contribution in [1.82, 2.24) is 4.90 Å². The molecule has 0 saturated heterocycles. The van der Waals surface area contributed by atoms with Crippen molar-refractivity contribution in [1.29, 1.82) is 0 Å². The normalized spacial score (nSPS) is 11.6. The highest BCUT2D eigenvalue weighted by molar-refractivity contribution is 4.61. The molecule has 0 amide bonds. The van der Waals surface area contributed by atoms with Crippen molar-refractivity contribution < 1.29 is 0 Å². The fourth-order valence-electron chi connectivity index (χ4n) is 5.27. The smallest absolute Gasteiger partial charge is 0.00187 e. The summed E-state index contributed by atoms with van der Waals surface area (Å²) in [7, 11) is 0. The predicted molar refractivity (Wildman–Crippen MR) is 158 cm³/mol. The van der Waals surface area contributed by atoms with Crippen LogP contribution in [0.15, 0.2) is 0 Å². The maximum absolute atomic E-state index is 2.84. The third-order valence-electron chi connectivity index (χ3n) is 7.73. The van der Waals surface area contributed by atoms with E-state index in [1.807, 2.05) is 0 Å². The molecular formula is C33H69N. The van der Waals surface area contributed by atoms with Crippen LogP contribution in [0, 0.1) is 0 Å². The molecule has 0 aliphatic rings. The Labute approximate surface area is 218 Å². The number of nitrogens with zero attached hydrogens (tertiary/aromatic N) is 1. The van der Waals surface area contributed by atoms with Crippen LogP contribution in [0.3, 0.4) is 0 Å². The van der Waals surface area contributed by atoms with E-state index in [0.717, 1.165) is 0 Å². The van der Waals surface area contributed by atoms with Crippen LogP contribution in [0.2, 0.25) is 0 Å². The van der Waals surface area contributed by atoms with Crippen molar-refractivity contribution in [2.45, 2.75) is 194 Å². The molecule has 34 heavy (non-hydrogen) atoms. The van der Waals surface area contributed by atoms with Crippen LogP contribution in [0.25, 0.3) is 0 Å². The van der Waals surface area contributed by atoms with Gasteiger partial charge in [-0.15, -0.1) is 0 Å². The van der Waals surface area contributed by atoms with Gasteiger partial charge in [0.1, 0.15) is 0 Å². The largest absolute Gasteiger partial charge is 0.303 e. The Morgan fingerprint density at radius 1 is 0.235 bits per heavy atom. The molecule has 0 heterocycles. The van der Waals surface area contributed by atoms with Gasteiger partial charge in [0.25, 0.3) is 0 Å². The maximum Gasteiger partial charge on any atom is -0.00187 e. The van der Waals surface area contributed by atoms with Gasteiger partial charge in [-0.3, -0.25) is 0 Å². The quantitative estimate of drug-likeness (QED) is 0.0925. The number of rotatable bonds is 30. The van der Waals surface area contributed by atoms with Gasteiger partial charge in [0.05, 0.1) is 0 Å². The lowest BCUT2D eigenvalue weighted by atomic mass is 10.1. The molecule has 0 saturated carbocycles. The topological polar surface area (TPSA) is 3.24 Å². The fourth-order valence-corrected chi connectivity index (χ4v) is 5.27. The van der Waals surface area contributed by atoms with E-state index in [2.05, 4.69) is 25.7 Å². The molecule has 0 rings (SSSR count). The van der Waals surface area contributed by atoms with Crippen molar-refractivity contribution >= 4 is 0 Å². The molecule has 0 aromatic heterocycles. The van der Waals surface area contributed by atoms with E-state index in [4.69, 9.17) is 0 Å². The minimum Gasteiger partial charge on any atom is -0.303 e. The summed E-state index contributed by atoms with van der Waals surface area (Å²) in [5.41, 5.74) is 0. The van der Waals surface area contributed by atoms with E-state index in [1.54, 1.807) is 0 Å². The first-order chi connectivity index (χ1) is 16.8. The van der Waals surface area contributed by atoms with Crippen LogP contribution in [-0.2, 0) is 0 Å². The Hall–Kier alpha value is -0.0400. The SMILES string of the molecule is CCCCCCCCCCCCCN(CCCCCCCCCC)CCCCCCCCCC. The van der Waals surface area contributed by atoms with E-state index in [9.17, 15) is 0 Å². The molecular weight excluding hydrogens is 410 g/mol. The summed E-state index contributed by atoms with van der Waals surface area (Å²) in [6.07, 6.45) is 39.1. The van der Waals surface area contributed by atoms with Crippen LogP contribution in [-0.4, -0.2) is 24.5 Å². The van der Waals surface area contributed by atoms with Crippen molar-refractivity contribution in [2.75, 3.05) is 19.6 Å². The molecule has 0 fully saturated rings. The molecule has 1 heteroatoms. The van der Waals surface area contributed by atoms with Gasteiger partial charge in [-0.25, -0.2) is 0 Å². The van der Waals surface area contributed by atoms with Gasteiger partial charge in [-0.1, -0.05) is 175 Å². The first-order valence-corrected chi connectivity index (χ1v) is 16.6. The lowest BCUT2D eigenvalue weighted by Gasteiger charge is -2.22. The number of hydrogen-bond donors (Lipinski definition) is 0. The van der Waals surface area contributed by atoms with Crippen LogP contribution < -0.4 is 0 Å². The molecule has 1 nitrogen and oxygen atoms in total. The van der Waals surface area contributed by atoms with Crippen molar-refractivity contribution in [3.05, 3.63) is 0 Å². The van der Waals surface area contributed by atoms with E-state index >= 15 is 0 Å². The third-order valence-corrected chi connectivity index (χ3v) is 7.73. The number of hydrogen-bond acceptors (Lipinski definition) is 1. The Bertz CT molecular complexity index is 319. The average Bonchev–Trinajstić information content (AvgIpc) is 2.85. The zero-order chi connectivity index (χ0) is 24.8. The summed E-state index contributed by atoms with van der Waals surface area (Å²) < 4.78 is 0. The molecule has 0 atom stereocenters. The molecule has 0 aliphatic heterocycles. The van der Waals surface area contributed by atoms with E-state index in [-0.39, 0.29) is 0 Å². The molecule has 0 spiro atoms. The second kappa shape index (κ2) is 31.0. The van der Waals surface area contributed by atoms with E-state index in [1.165, 1.54) is 193 Å². The summed E-state index contributed by atoms with van der Waals surface area (Å²) in [4.78, 5) is 2.84.